The van der Waals surface area contributed by atoms with Crippen molar-refractivity contribution in [1.29, 1.82) is 0 Å². The van der Waals surface area contributed by atoms with Crippen LogP contribution in [0.1, 0.15) is 38.8 Å². The summed E-state index contributed by atoms with van der Waals surface area (Å²) >= 11 is 1.43. The Kier molecular flexibility index (Phi) is 6.82. The number of ether oxygens (including phenoxy) is 1. The molecule has 0 saturated heterocycles. The van der Waals surface area contributed by atoms with Crippen LogP contribution in [0.2, 0.25) is 0 Å². The maximum atomic E-state index is 13.7. The molecule has 0 bridgehead atoms. The van der Waals surface area contributed by atoms with Gasteiger partial charge in [0.2, 0.25) is 0 Å². The van der Waals surface area contributed by atoms with Crippen LogP contribution in [-0.2, 0) is 6.54 Å². The minimum absolute atomic E-state index is 0.0866. The molecule has 0 spiro atoms. The second-order valence-corrected chi connectivity index (χ2v) is 9.07. The average Bonchev–Trinajstić information content (AvgIpc) is 3.37. The molecule has 6 nitrogen and oxygen atoms in total. The van der Waals surface area contributed by atoms with Crippen molar-refractivity contribution in [3.05, 3.63) is 120 Å². The zero-order valence-corrected chi connectivity index (χ0v) is 20.4. The molecule has 0 aliphatic heterocycles. The summed E-state index contributed by atoms with van der Waals surface area (Å²) in [6.45, 7) is 2.76. The second kappa shape index (κ2) is 10.5. The van der Waals surface area contributed by atoms with Gasteiger partial charge in [-0.2, -0.15) is 0 Å². The number of amides is 1. The van der Waals surface area contributed by atoms with Crippen molar-refractivity contribution < 1.29 is 14.3 Å². The van der Waals surface area contributed by atoms with Gasteiger partial charge in [0.25, 0.3) is 5.91 Å². The SMILES string of the molecule is CCOc1cccc2sc(N(Cc3cccnc3)C(=O)c3ccc(C(=O)c4ccccc4)cc3)nc12. The molecule has 0 aliphatic carbocycles. The van der Waals surface area contributed by atoms with Crippen LogP contribution in [0, 0.1) is 0 Å². The molecule has 2 aromatic heterocycles. The van der Waals surface area contributed by atoms with Crippen molar-refractivity contribution in [2.45, 2.75) is 13.5 Å². The standard InChI is InChI=1S/C29H23N3O3S/c1-2-35-24-11-6-12-25-26(24)31-29(36-25)32(19-20-8-7-17-30-18-20)28(34)23-15-13-22(14-16-23)27(33)21-9-4-3-5-10-21/h3-18H,2,19H2,1H3. The zero-order chi connectivity index (χ0) is 24.9. The molecule has 5 aromatic rings. The predicted molar refractivity (Wildman–Crippen MR) is 142 cm³/mol. The topological polar surface area (TPSA) is 72.4 Å². The third-order valence-electron chi connectivity index (χ3n) is 5.64. The minimum atomic E-state index is -0.213. The lowest BCUT2D eigenvalue weighted by atomic mass is 10.0. The number of para-hydroxylation sites is 1. The Hall–Kier alpha value is -4.36. The number of rotatable bonds is 8. The van der Waals surface area contributed by atoms with Crippen molar-refractivity contribution in [3.8, 4) is 5.75 Å². The van der Waals surface area contributed by atoms with E-state index in [1.54, 1.807) is 53.7 Å². The number of pyridine rings is 1. The summed E-state index contributed by atoms with van der Waals surface area (Å²) in [6.07, 6.45) is 3.44. The molecule has 0 radical (unpaired) electrons. The maximum absolute atomic E-state index is 13.7. The summed E-state index contributed by atoms with van der Waals surface area (Å²) in [4.78, 5) is 37.2. The van der Waals surface area contributed by atoms with Crippen LogP contribution >= 0.6 is 11.3 Å². The van der Waals surface area contributed by atoms with Crippen LogP contribution in [-0.4, -0.2) is 28.3 Å². The first kappa shape index (κ1) is 23.4. The van der Waals surface area contributed by atoms with Gasteiger partial charge in [0, 0.05) is 29.1 Å². The lowest BCUT2D eigenvalue weighted by molar-refractivity contribution is 0.0982. The summed E-state index contributed by atoms with van der Waals surface area (Å²) < 4.78 is 6.68. The molecular formula is C29H23N3O3S. The summed E-state index contributed by atoms with van der Waals surface area (Å²) in [6, 6.07) is 25.4. The number of thiazole rings is 1. The number of hydrogen-bond acceptors (Lipinski definition) is 6. The number of benzene rings is 3. The van der Waals surface area contributed by atoms with E-state index in [1.807, 2.05) is 55.5 Å². The Labute approximate surface area is 212 Å². The van der Waals surface area contributed by atoms with Crippen molar-refractivity contribution in [3.63, 3.8) is 0 Å². The van der Waals surface area contributed by atoms with Gasteiger partial charge in [0.1, 0.15) is 11.3 Å². The normalized spacial score (nSPS) is 10.8. The Morgan fingerprint density at radius 2 is 1.61 bits per heavy atom. The highest BCUT2D eigenvalue weighted by atomic mass is 32.1. The smallest absolute Gasteiger partial charge is 0.260 e. The quantitative estimate of drug-likeness (QED) is 0.242. The van der Waals surface area contributed by atoms with E-state index in [2.05, 4.69) is 4.98 Å². The number of aromatic nitrogens is 2. The van der Waals surface area contributed by atoms with Gasteiger partial charge in [0.15, 0.2) is 10.9 Å². The molecule has 0 fully saturated rings. The van der Waals surface area contributed by atoms with Gasteiger partial charge in [-0.15, -0.1) is 0 Å². The third kappa shape index (κ3) is 4.87. The molecule has 1 amide bonds. The van der Waals surface area contributed by atoms with E-state index in [1.165, 1.54) is 11.3 Å². The Morgan fingerprint density at radius 1 is 0.861 bits per heavy atom. The lowest BCUT2D eigenvalue weighted by Crippen LogP contribution is -2.30. The van der Waals surface area contributed by atoms with E-state index in [-0.39, 0.29) is 11.7 Å². The van der Waals surface area contributed by atoms with E-state index in [0.29, 0.717) is 40.7 Å². The molecule has 3 aromatic carbocycles. The number of carbonyl (C=O) groups is 2. The zero-order valence-electron chi connectivity index (χ0n) is 19.6. The maximum Gasteiger partial charge on any atom is 0.260 e. The van der Waals surface area contributed by atoms with E-state index in [9.17, 15) is 9.59 Å². The van der Waals surface area contributed by atoms with Crippen molar-refractivity contribution in [2.75, 3.05) is 11.5 Å². The first-order valence-corrected chi connectivity index (χ1v) is 12.4. The van der Waals surface area contributed by atoms with E-state index < -0.39 is 0 Å². The van der Waals surface area contributed by atoms with Gasteiger partial charge in [-0.25, -0.2) is 4.98 Å². The number of ketones is 1. The van der Waals surface area contributed by atoms with Gasteiger partial charge < -0.3 is 4.74 Å². The number of carbonyl (C=O) groups excluding carboxylic acids is 2. The summed E-state index contributed by atoms with van der Waals surface area (Å²) in [7, 11) is 0. The van der Waals surface area contributed by atoms with Crippen molar-refractivity contribution in [1.82, 2.24) is 9.97 Å². The second-order valence-electron chi connectivity index (χ2n) is 8.06. The number of hydrogen-bond donors (Lipinski definition) is 0. The van der Waals surface area contributed by atoms with E-state index in [4.69, 9.17) is 9.72 Å². The highest BCUT2D eigenvalue weighted by Crippen LogP contribution is 2.35. The molecule has 36 heavy (non-hydrogen) atoms. The number of nitrogens with zero attached hydrogens (tertiary/aromatic N) is 3. The highest BCUT2D eigenvalue weighted by molar-refractivity contribution is 7.22. The van der Waals surface area contributed by atoms with Crippen LogP contribution in [0.5, 0.6) is 5.75 Å². The fourth-order valence-corrected chi connectivity index (χ4v) is 4.86. The van der Waals surface area contributed by atoms with Gasteiger partial charge in [-0.1, -0.05) is 65.9 Å². The average molecular weight is 494 g/mol. The fourth-order valence-electron chi connectivity index (χ4n) is 3.88. The largest absolute Gasteiger partial charge is 0.492 e. The van der Waals surface area contributed by atoms with Crippen LogP contribution in [0.3, 0.4) is 0 Å². The van der Waals surface area contributed by atoms with E-state index >= 15 is 0 Å². The van der Waals surface area contributed by atoms with Gasteiger partial charge in [0.05, 0.1) is 17.9 Å². The van der Waals surface area contributed by atoms with Gasteiger partial charge in [-0.05, 0) is 42.8 Å². The molecule has 7 heteroatoms. The highest BCUT2D eigenvalue weighted by Gasteiger charge is 2.23. The van der Waals surface area contributed by atoms with Gasteiger partial charge in [-0.3, -0.25) is 19.5 Å². The first-order chi connectivity index (χ1) is 17.6. The molecule has 2 heterocycles. The molecule has 178 valence electrons. The molecule has 5 rings (SSSR count). The van der Waals surface area contributed by atoms with Crippen molar-refractivity contribution >= 4 is 38.4 Å². The van der Waals surface area contributed by atoms with Crippen LogP contribution < -0.4 is 9.64 Å². The Bertz CT molecular complexity index is 1500. The van der Waals surface area contributed by atoms with Crippen LogP contribution in [0.25, 0.3) is 10.2 Å². The molecule has 0 N–H and O–H groups in total. The molecule has 0 unspecified atom stereocenters. The fraction of sp³-hybridized carbons (Fsp3) is 0.103. The van der Waals surface area contributed by atoms with Crippen LogP contribution in [0.15, 0.2) is 97.3 Å². The number of anilines is 1. The summed E-state index contributed by atoms with van der Waals surface area (Å²) in [5.41, 5.74) is 3.21. The first-order valence-electron chi connectivity index (χ1n) is 11.6. The number of fused-ring (bicyclic) bond motifs is 1. The summed E-state index contributed by atoms with van der Waals surface area (Å²) in [5.74, 6) is 0.390. The van der Waals surface area contributed by atoms with Gasteiger partial charge >= 0.3 is 0 Å². The van der Waals surface area contributed by atoms with E-state index in [0.717, 1.165) is 15.8 Å². The Balaban J connectivity index is 1.49. The Morgan fingerprint density at radius 3 is 2.33 bits per heavy atom. The molecule has 0 atom stereocenters. The lowest BCUT2D eigenvalue weighted by Gasteiger charge is -2.20. The minimum Gasteiger partial charge on any atom is -0.492 e. The molecular weight excluding hydrogens is 470 g/mol. The predicted octanol–water partition coefficient (Wildman–Crippen LogP) is 6.17. The van der Waals surface area contributed by atoms with Crippen molar-refractivity contribution in [2.24, 2.45) is 0 Å². The molecule has 0 aliphatic rings. The van der Waals surface area contributed by atoms with Crippen LogP contribution in [0.4, 0.5) is 5.13 Å². The third-order valence-corrected chi connectivity index (χ3v) is 6.68. The summed E-state index contributed by atoms with van der Waals surface area (Å²) in [5, 5.41) is 0.565. The molecule has 0 saturated carbocycles. The monoisotopic (exact) mass is 493 g/mol.